The molecule has 0 atom stereocenters. The standard InChI is InChI=1S/C18H32N2O/c1-6-11-20(7-2)12-13-21-17-10-8-9-16(14-17)15-19-18(3,4)5/h8-10,14,19H,6-7,11-13,15H2,1-5H3. The van der Waals surface area contributed by atoms with E-state index in [1.807, 2.05) is 6.07 Å². The molecule has 0 unspecified atom stereocenters. The third-order valence-corrected chi connectivity index (χ3v) is 3.38. The van der Waals surface area contributed by atoms with E-state index in [-0.39, 0.29) is 5.54 Å². The third kappa shape index (κ3) is 8.08. The maximum atomic E-state index is 5.89. The largest absolute Gasteiger partial charge is 0.492 e. The van der Waals surface area contributed by atoms with Gasteiger partial charge in [-0.1, -0.05) is 26.0 Å². The van der Waals surface area contributed by atoms with Crippen LogP contribution < -0.4 is 10.1 Å². The topological polar surface area (TPSA) is 24.5 Å². The molecule has 0 bridgehead atoms. The maximum Gasteiger partial charge on any atom is 0.119 e. The first kappa shape index (κ1) is 18.0. The molecule has 0 saturated heterocycles. The highest BCUT2D eigenvalue weighted by molar-refractivity contribution is 5.28. The van der Waals surface area contributed by atoms with Gasteiger partial charge in [0.2, 0.25) is 0 Å². The summed E-state index contributed by atoms with van der Waals surface area (Å²) in [7, 11) is 0. The van der Waals surface area contributed by atoms with Crippen LogP contribution >= 0.6 is 0 Å². The number of rotatable bonds is 9. The minimum Gasteiger partial charge on any atom is -0.492 e. The average Bonchev–Trinajstić information content (AvgIpc) is 2.44. The minimum atomic E-state index is 0.138. The lowest BCUT2D eigenvalue weighted by atomic mass is 10.1. The van der Waals surface area contributed by atoms with Crippen LogP contribution in [-0.4, -0.2) is 36.7 Å². The van der Waals surface area contributed by atoms with Crippen molar-refractivity contribution in [3.63, 3.8) is 0 Å². The van der Waals surface area contributed by atoms with Gasteiger partial charge in [-0.25, -0.2) is 0 Å². The lowest BCUT2D eigenvalue weighted by Gasteiger charge is -2.21. The van der Waals surface area contributed by atoms with Crippen LogP contribution in [0.25, 0.3) is 0 Å². The Morgan fingerprint density at radius 2 is 1.90 bits per heavy atom. The van der Waals surface area contributed by atoms with Crippen molar-refractivity contribution in [1.29, 1.82) is 0 Å². The van der Waals surface area contributed by atoms with Crippen molar-refractivity contribution >= 4 is 0 Å². The second kappa shape index (κ2) is 9.06. The van der Waals surface area contributed by atoms with E-state index in [4.69, 9.17) is 4.74 Å². The molecule has 0 aliphatic carbocycles. The van der Waals surface area contributed by atoms with Gasteiger partial charge in [0, 0.05) is 18.6 Å². The summed E-state index contributed by atoms with van der Waals surface area (Å²) in [5.41, 5.74) is 1.40. The zero-order chi connectivity index (χ0) is 15.7. The van der Waals surface area contributed by atoms with Crippen molar-refractivity contribution in [2.45, 2.75) is 53.1 Å². The van der Waals surface area contributed by atoms with Crippen LogP contribution in [0.4, 0.5) is 0 Å². The van der Waals surface area contributed by atoms with Gasteiger partial charge in [0.15, 0.2) is 0 Å². The van der Waals surface area contributed by atoms with Gasteiger partial charge >= 0.3 is 0 Å². The fraction of sp³-hybridized carbons (Fsp3) is 0.667. The van der Waals surface area contributed by atoms with E-state index in [9.17, 15) is 0 Å². The summed E-state index contributed by atoms with van der Waals surface area (Å²) in [5.74, 6) is 0.968. The third-order valence-electron chi connectivity index (χ3n) is 3.38. The first-order valence-corrected chi connectivity index (χ1v) is 8.13. The van der Waals surface area contributed by atoms with Gasteiger partial charge in [-0.05, 0) is 58.0 Å². The molecular formula is C18H32N2O. The lowest BCUT2D eigenvalue weighted by Crippen LogP contribution is -2.35. The van der Waals surface area contributed by atoms with E-state index >= 15 is 0 Å². The Bertz CT molecular complexity index is 398. The zero-order valence-corrected chi connectivity index (χ0v) is 14.4. The van der Waals surface area contributed by atoms with Crippen molar-refractivity contribution in [3.8, 4) is 5.75 Å². The van der Waals surface area contributed by atoms with Gasteiger partial charge in [-0.15, -0.1) is 0 Å². The molecule has 0 radical (unpaired) electrons. The number of nitrogens with zero attached hydrogens (tertiary/aromatic N) is 1. The molecule has 0 aliphatic heterocycles. The molecule has 0 aromatic heterocycles. The zero-order valence-electron chi connectivity index (χ0n) is 14.4. The summed E-state index contributed by atoms with van der Waals surface area (Å²) in [6.07, 6.45) is 1.20. The van der Waals surface area contributed by atoms with Crippen molar-refractivity contribution < 1.29 is 4.74 Å². The van der Waals surface area contributed by atoms with Gasteiger partial charge in [0.05, 0.1) is 0 Å². The molecule has 1 N–H and O–H groups in total. The summed E-state index contributed by atoms with van der Waals surface area (Å²) in [4.78, 5) is 2.42. The molecule has 0 fully saturated rings. The second-order valence-electron chi connectivity index (χ2n) is 6.53. The van der Waals surface area contributed by atoms with Gasteiger partial charge < -0.3 is 15.0 Å². The molecule has 3 heteroatoms. The van der Waals surface area contributed by atoms with Crippen molar-refractivity contribution in [2.24, 2.45) is 0 Å². The molecule has 0 aliphatic rings. The van der Waals surface area contributed by atoms with Crippen LogP contribution in [0.1, 0.15) is 46.6 Å². The first-order valence-electron chi connectivity index (χ1n) is 8.13. The normalized spacial score (nSPS) is 11.9. The molecule has 0 heterocycles. The lowest BCUT2D eigenvalue weighted by molar-refractivity contribution is 0.216. The highest BCUT2D eigenvalue weighted by atomic mass is 16.5. The summed E-state index contributed by atoms with van der Waals surface area (Å²) in [6, 6.07) is 8.38. The summed E-state index contributed by atoms with van der Waals surface area (Å²) in [6.45, 7) is 15.8. The van der Waals surface area contributed by atoms with Gasteiger partial charge in [0.1, 0.15) is 12.4 Å². The average molecular weight is 292 g/mol. The van der Waals surface area contributed by atoms with Gasteiger partial charge in [-0.2, -0.15) is 0 Å². The van der Waals surface area contributed by atoms with Crippen LogP contribution in [0.15, 0.2) is 24.3 Å². The fourth-order valence-electron chi connectivity index (χ4n) is 2.15. The Kier molecular flexibility index (Phi) is 7.76. The Morgan fingerprint density at radius 1 is 1.14 bits per heavy atom. The van der Waals surface area contributed by atoms with E-state index in [1.165, 1.54) is 12.0 Å². The van der Waals surface area contributed by atoms with E-state index in [2.05, 4.69) is 63.0 Å². The minimum absolute atomic E-state index is 0.138. The number of ether oxygens (including phenoxy) is 1. The van der Waals surface area contributed by atoms with E-state index in [0.29, 0.717) is 0 Å². The molecule has 3 nitrogen and oxygen atoms in total. The SMILES string of the molecule is CCCN(CC)CCOc1cccc(CNC(C)(C)C)c1. The van der Waals surface area contributed by atoms with Crippen LogP contribution in [0.2, 0.25) is 0 Å². The smallest absolute Gasteiger partial charge is 0.119 e. The van der Waals surface area contributed by atoms with E-state index in [0.717, 1.165) is 38.5 Å². The van der Waals surface area contributed by atoms with Crippen LogP contribution in [0, 0.1) is 0 Å². The Balaban J connectivity index is 2.42. The number of nitrogens with one attached hydrogen (secondary N) is 1. The number of likely N-dealkylation sites (N-methyl/N-ethyl adjacent to an activating group) is 1. The summed E-state index contributed by atoms with van der Waals surface area (Å²) < 4.78 is 5.89. The Hall–Kier alpha value is -1.06. The van der Waals surface area contributed by atoms with E-state index < -0.39 is 0 Å². The highest BCUT2D eigenvalue weighted by Crippen LogP contribution is 2.14. The first-order chi connectivity index (χ1) is 9.94. The van der Waals surface area contributed by atoms with Crippen LogP contribution in [0.3, 0.4) is 0 Å². The predicted octanol–water partition coefficient (Wildman–Crippen LogP) is 3.69. The summed E-state index contributed by atoms with van der Waals surface area (Å²) in [5, 5.41) is 3.50. The molecule has 21 heavy (non-hydrogen) atoms. The molecule has 0 spiro atoms. The number of hydrogen-bond acceptors (Lipinski definition) is 3. The number of benzene rings is 1. The van der Waals surface area contributed by atoms with E-state index in [1.54, 1.807) is 0 Å². The van der Waals surface area contributed by atoms with Crippen molar-refractivity contribution in [3.05, 3.63) is 29.8 Å². The molecule has 0 saturated carbocycles. The highest BCUT2D eigenvalue weighted by Gasteiger charge is 2.08. The number of hydrogen-bond donors (Lipinski definition) is 1. The quantitative estimate of drug-likeness (QED) is 0.751. The fourth-order valence-corrected chi connectivity index (χ4v) is 2.15. The second-order valence-corrected chi connectivity index (χ2v) is 6.53. The molecule has 1 rings (SSSR count). The maximum absolute atomic E-state index is 5.89. The van der Waals surface area contributed by atoms with Crippen LogP contribution in [-0.2, 0) is 6.54 Å². The van der Waals surface area contributed by atoms with Gasteiger partial charge in [-0.3, -0.25) is 0 Å². The molecule has 1 aromatic rings. The molecule has 120 valence electrons. The molecular weight excluding hydrogens is 260 g/mol. The van der Waals surface area contributed by atoms with Gasteiger partial charge in [0.25, 0.3) is 0 Å². The van der Waals surface area contributed by atoms with Crippen LogP contribution in [0.5, 0.6) is 5.75 Å². The summed E-state index contributed by atoms with van der Waals surface area (Å²) >= 11 is 0. The van der Waals surface area contributed by atoms with Crippen molar-refractivity contribution in [2.75, 3.05) is 26.2 Å². The monoisotopic (exact) mass is 292 g/mol. The molecule has 1 aromatic carbocycles. The Labute approximate surface area is 130 Å². The predicted molar refractivity (Wildman–Crippen MR) is 90.9 cm³/mol. The van der Waals surface area contributed by atoms with Crippen molar-refractivity contribution in [1.82, 2.24) is 10.2 Å². The Morgan fingerprint density at radius 3 is 2.52 bits per heavy atom. The molecule has 0 amide bonds.